The number of anilines is 1. The van der Waals surface area contributed by atoms with Gasteiger partial charge in [0, 0.05) is 25.0 Å². The van der Waals surface area contributed by atoms with Crippen molar-refractivity contribution < 1.29 is 14.3 Å². The van der Waals surface area contributed by atoms with E-state index in [1.54, 1.807) is 36.7 Å². The summed E-state index contributed by atoms with van der Waals surface area (Å²) in [6, 6.07) is 10.6. The van der Waals surface area contributed by atoms with E-state index in [1.807, 2.05) is 12.1 Å². The zero-order valence-corrected chi connectivity index (χ0v) is 12.4. The van der Waals surface area contributed by atoms with Crippen molar-refractivity contribution in [2.45, 2.75) is 19.8 Å². The lowest BCUT2D eigenvalue weighted by Crippen LogP contribution is -2.09. The van der Waals surface area contributed by atoms with Crippen LogP contribution in [0, 0.1) is 0 Å². The number of nitrogens with zero attached hydrogens (tertiary/aromatic N) is 1. The molecule has 0 saturated carbocycles. The van der Waals surface area contributed by atoms with E-state index in [0.717, 1.165) is 12.8 Å². The third-order valence-electron chi connectivity index (χ3n) is 3.01. The van der Waals surface area contributed by atoms with Crippen molar-refractivity contribution in [3.05, 3.63) is 59.9 Å². The molecule has 0 bridgehead atoms. The molecule has 2 aromatic rings. The quantitative estimate of drug-likeness (QED) is 0.657. The zero-order valence-electron chi connectivity index (χ0n) is 12.4. The highest BCUT2D eigenvalue weighted by atomic mass is 16.5. The Balaban J connectivity index is 1.81. The van der Waals surface area contributed by atoms with Crippen LogP contribution in [0.3, 0.4) is 0 Å². The zero-order chi connectivity index (χ0) is 15.8. The van der Waals surface area contributed by atoms with E-state index in [1.165, 1.54) is 12.5 Å². The first-order valence-electron chi connectivity index (χ1n) is 7.09. The van der Waals surface area contributed by atoms with Gasteiger partial charge in [0.2, 0.25) is 5.91 Å². The molecule has 0 spiro atoms. The Kier molecular flexibility index (Phi) is 5.65. The van der Waals surface area contributed by atoms with Crippen LogP contribution in [0.5, 0.6) is 0 Å². The van der Waals surface area contributed by atoms with Gasteiger partial charge >= 0.3 is 5.97 Å². The molecule has 0 radical (unpaired) electrons. The molecule has 1 aromatic carbocycles. The lowest BCUT2D eigenvalue weighted by Gasteiger charge is -2.07. The van der Waals surface area contributed by atoms with Crippen LogP contribution < -0.4 is 5.32 Å². The second-order valence-electron chi connectivity index (χ2n) is 4.86. The van der Waals surface area contributed by atoms with E-state index in [4.69, 9.17) is 4.74 Å². The van der Waals surface area contributed by atoms with Gasteiger partial charge in [0.05, 0.1) is 12.2 Å². The van der Waals surface area contributed by atoms with Crippen LogP contribution in [-0.4, -0.2) is 23.5 Å². The summed E-state index contributed by atoms with van der Waals surface area (Å²) in [5.41, 5.74) is 2.17. The molecule has 1 N–H and O–H groups in total. The van der Waals surface area contributed by atoms with Gasteiger partial charge in [0.1, 0.15) is 0 Å². The van der Waals surface area contributed by atoms with Gasteiger partial charge in [-0.3, -0.25) is 9.78 Å². The highest BCUT2D eigenvalue weighted by molar-refractivity contribution is 5.93. The fourth-order valence-corrected chi connectivity index (χ4v) is 2.00. The number of hydrogen-bond donors (Lipinski definition) is 1. The molecular weight excluding hydrogens is 280 g/mol. The fourth-order valence-electron chi connectivity index (χ4n) is 2.00. The van der Waals surface area contributed by atoms with Crippen LogP contribution >= 0.6 is 0 Å². The van der Waals surface area contributed by atoms with Crippen molar-refractivity contribution in [2.75, 3.05) is 11.9 Å². The number of benzene rings is 1. The first kappa shape index (κ1) is 15.7. The molecule has 1 aromatic heterocycles. The average Bonchev–Trinajstić information content (AvgIpc) is 2.52. The molecule has 0 unspecified atom stereocenters. The van der Waals surface area contributed by atoms with Gasteiger partial charge in [-0.25, -0.2) is 4.79 Å². The minimum absolute atomic E-state index is 0.178. The second-order valence-corrected chi connectivity index (χ2v) is 4.86. The molecule has 22 heavy (non-hydrogen) atoms. The van der Waals surface area contributed by atoms with Crippen LogP contribution in [0.1, 0.15) is 29.3 Å². The molecule has 114 valence electrons. The van der Waals surface area contributed by atoms with Gasteiger partial charge in [-0.1, -0.05) is 6.07 Å². The standard InChI is InChI=1S/C17H18N2O3/c1-13(20)19-16-6-2-5-15(12-16)17(21)22-11-3-4-14-7-9-18-10-8-14/h2,5-10,12H,3-4,11H2,1H3,(H,19,20). The van der Waals surface area contributed by atoms with Crippen molar-refractivity contribution in [2.24, 2.45) is 0 Å². The van der Waals surface area contributed by atoms with Gasteiger partial charge in [-0.15, -0.1) is 0 Å². The summed E-state index contributed by atoms with van der Waals surface area (Å²) in [6.45, 7) is 1.77. The van der Waals surface area contributed by atoms with E-state index in [2.05, 4.69) is 10.3 Å². The van der Waals surface area contributed by atoms with Crippen molar-refractivity contribution >= 4 is 17.6 Å². The molecule has 0 atom stereocenters. The Morgan fingerprint density at radius 3 is 2.68 bits per heavy atom. The Hall–Kier alpha value is -2.69. The maximum absolute atomic E-state index is 11.9. The van der Waals surface area contributed by atoms with Gasteiger partial charge in [0.25, 0.3) is 0 Å². The van der Waals surface area contributed by atoms with Gasteiger partial charge in [0.15, 0.2) is 0 Å². The SMILES string of the molecule is CC(=O)Nc1cccc(C(=O)OCCCc2ccncc2)c1. The molecule has 2 rings (SSSR count). The smallest absolute Gasteiger partial charge is 0.338 e. The Labute approximate surface area is 129 Å². The molecule has 1 heterocycles. The average molecular weight is 298 g/mol. The minimum Gasteiger partial charge on any atom is -0.462 e. The van der Waals surface area contributed by atoms with Crippen LogP contribution in [0.4, 0.5) is 5.69 Å². The largest absolute Gasteiger partial charge is 0.462 e. The number of aromatic nitrogens is 1. The highest BCUT2D eigenvalue weighted by Gasteiger charge is 2.08. The molecule has 0 saturated heterocycles. The first-order valence-corrected chi connectivity index (χ1v) is 7.09. The number of aryl methyl sites for hydroxylation is 1. The maximum atomic E-state index is 11.9. The van der Waals surface area contributed by atoms with Crippen molar-refractivity contribution in [3.8, 4) is 0 Å². The summed E-state index contributed by atoms with van der Waals surface area (Å²) >= 11 is 0. The third-order valence-corrected chi connectivity index (χ3v) is 3.01. The molecule has 0 fully saturated rings. The van der Waals surface area contributed by atoms with Crippen LogP contribution in [0.25, 0.3) is 0 Å². The summed E-state index contributed by atoms with van der Waals surface area (Å²) in [6.07, 6.45) is 5.08. The van der Waals surface area contributed by atoms with Gasteiger partial charge in [-0.05, 0) is 48.7 Å². The fraction of sp³-hybridized carbons (Fsp3) is 0.235. The van der Waals surface area contributed by atoms with Crippen molar-refractivity contribution in [1.29, 1.82) is 0 Å². The summed E-state index contributed by atoms with van der Waals surface area (Å²) in [4.78, 5) is 26.9. The lowest BCUT2D eigenvalue weighted by atomic mass is 10.1. The monoisotopic (exact) mass is 298 g/mol. The normalized spacial score (nSPS) is 10.0. The van der Waals surface area contributed by atoms with E-state index in [0.29, 0.717) is 17.9 Å². The number of ether oxygens (including phenoxy) is 1. The van der Waals surface area contributed by atoms with Crippen LogP contribution in [-0.2, 0) is 16.0 Å². The van der Waals surface area contributed by atoms with E-state index in [9.17, 15) is 9.59 Å². The lowest BCUT2D eigenvalue weighted by molar-refractivity contribution is -0.114. The number of carbonyl (C=O) groups is 2. The molecule has 0 aliphatic rings. The summed E-state index contributed by atoms with van der Waals surface area (Å²) in [7, 11) is 0. The van der Waals surface area contributed by atoms with Crippen molar-refractivity contribution in [3.63, 3.8) is 0 Å². The van der Waals surface area contributed by atoms with Crippen LogP contribution in [0.15, 0.2) is 48.8 Å². The topological polar surface area (TPSA) is 68.3 Å². The number of hydrogen-bond acceptors (Lipinski definition) is 4. The molecule has 1 amide bonds. The predicted octanol–water partition coefficient (Wildman–Crippen LogP) is 2.83. The Morgan fingerprint density at radius 2 is 1.95 bits per heavy atom. The minimum atomic E-state index is -0.387. The molecular formula is C17H18N2O3. The second kappa shape index (κ2) is 7.93. The Morgan fingerprint density at radius 1 is 1.18 bits per heavy atom. The number of carbonyl (C=O) groups excluding carboxylic acids is 2. The van der Waals surface area contributed by atoms with Gasteiger partial charge in [-0.2, -0.15) is 0 Å². The van der Waals surface area contributed by atoms with E-state index < -0.39 is 0 Å². The molecule has 0 aliphatic heterocycles. The third kappa shape index (κ3) is 5.01. The van der Waals surface area contributed by atoms with E-state index >= 15 is 0 Å². The number of amides is 1. The first-order chi connectivity index (χ1) is 10.6. The van der Waals surface area contributed by atoms with Crippen LogP contribution in [0.2, 0.25) is 0 Å². The number of pyridine rings is 1. The van der Waals surface area contributed by atoms with Gasteiger partial charge < -0.3 is 10.1 Å². The predicted molar refractivity (Wildman–Crippen MR) is 83.6 cm³/mol. The number of nitrogens with one attached hydrogen (secondary N) is 1. The van der Waals surface area contributed by atoms with E-state index in [-0.39, 0.29) is 11.9 Å². The van der Waals surface area contributed by atoms with Crippen molar-refractivity contribution in [1.82, 2.24) is 4.98 Å². The summed E-state index contributed by atoms with van der Waals surface area (Å²) < 4.78 is 5.24. The maximum Gasteiger partial charge on any atom is 0.338 e. The Bertz CT molecular complexity index is 641. The summed E-state index contributed by atoms with van der Waals surface area (Å²) in [5.74, 6) is -0.565. The molecule has 5 heteroatoms. The molecule has 0 aliphatic carbocycles. The highest BCUT2D eigenvalue weighted by Crippen LogP contribution is 2.12. The number of rotatable bonds is 6. The summed E-state index contributed by atoms with van der Waals surface area (Å²) in [5, 5.41) is 2.64. The number of esters is 1. The molecule has 5 nitrogen and oxygen atoms in total.